The van der Waals surface area contributed by atoms with Crippen molar-refractivity contribution in [2.24, 2.45) is 17.2 Å². The molecule has 198 valence electrons. The summed E-state index contributed by atoms with van der Waals surface area (Å²) >= 11 is 6.16. The largest absolute Gasteiger partial charge is 0.404 e. The maximum atomic E-state index is 13.1. The molecule has 0 spiro atoms. The van der Waals surface area contributed by atoms with Crippen molar-refractivity contribution in [3.63, 3.8) is 0 Å². The van der Waals surface area contributed by atoms with Crippen LogP contribution in [0.3, 0.4) is 0 Å². The third kappa shape index (κ3) is 10.00. The summed E-state index contributed by atoms with van der Waals surface area (Å²) in [6.07, 6.45) is 10.2. The first-order valence-corrected chi connectivity index (χ1v) is 12.5. The van der Waals surface area contributed by atoms with Crippen LogP contribution in [0.2, 0.25) is 5.02 Å². The molecule has 0 radical (unpaired) electrons. The molecule has 0 fully saturated rings. The van der Waals surface area contributed by atoms with Gasteiger partial charge in [-0.3, -0.25) is 20.2 Å². The summed E-state index contributed by atoms with van der Waals surface area (Å²) in [6, 6.07) is 4.73. The lowest BCUT2D eigenvalue weighted by molar-refractivity contribution is -0.115. The highest BCUT2D eigenvalue weighted by molar-refractivity contribution is 6.31. The highest BCUT2D eigenvalue weighted by Crippen LogP contribution is 2.23. The number of carbonyl (C=O) groups is 2. The van der Waals surface area contributed by atoms with Gasteiger partial charge >= 0.3 is 0 Å². The zero-order valence-corrected chi connectivity index (χ0v) is 21.8. The number of anilines is 2. The van der Waals surface area contributed by atoms with Crippen molar-refractivity contribution >= 4 is 34.8 Å². The van der Waals surface area contributed by atoms with Crippen LogP contribution < -0.4 is 38.5 Å². The fourth-order valence-electron chi connectivity index (χ4n) is 3.62. The molecule has 0 aromatic heterocycles. The number of allylic oxidation sites excluding steroid dienone is 2. The first-order valence-electron chi connectivity index (χ1n) is 12.1. The van der Waals surface area contributed by atoms with Crippen LogP contribution in [0.1, 0.15) is 32.6 Å². The number of rotatable bonds is 14. The molecule has 0 bridgehead atoms. The number of carbonyl (C=O) groups excluding carboxylic acids is 2. The summed E-state index contributed by atoms with van der Waals surface area (Å²) in [5.74, 6) is -0.798. The number of hydrogen-bond donors (Lipinski definition) is 7. The van der Waals surface area contributed by atoms with E-state index >= 15 is 0 Å². The molecule has 2 amide bonds. The van der Waals surface area contributed by atoms with Crippen LogP contribution in [0.5, 0.6) is 0 Å². The number of benzene rings is 1. The number of hydrogen-bond acceptors (Lipinski definition) is 8. The molecule has 10 N–H and O–H groups in total. The van der Waals surface area contributed by atoms with Gasteiger partial charge in [-0.1, -0.05) is 24.6 Å². The van der Waals surface area contributed by atoms with Gasteiger partial charge in [0.15, 0.2) is 0 Å². The standard InChI is InChI=1S/C25H39ClN8O2/c1-3-9-30-24(33-22(29)6-4-5-17-7-10-34(2)11-8-17)21(15-27)25(36)32-20-13-18(26)12-19(14-20)31-23(35)16-28/h7-8,10,12-15,22,24,30,33H,3-6,9,11,16,27-29H2,1-2H3,(H,31,35)(H,32,36)/b21-15+. The molecule has 10 nitrogen and oxygen atoms in total. The second kappa shape index (κ2) is 15.3. The molecule has 1 heterocycles. The van der Waals surface area contributed by atoms with E-state index < -0.39 is 12.1 Å². The van der Waals surface area contributed by atoms with Crippen LogP contribution in [-0.4, -0.2) is 55.7 Å². The smallest absolute Gasteiger partial charge is 0.256 e. The van der Waals surface area contributed by atoms with Gasteiger partial charge in [-0.2, -0.15) is 0 Å². The Balaban J connectivity index is 2.01. The highest BCUT2D eigenvalue weighted by Gasteiger charge is 2.22. The van der Waals surface area contributed by atoms with Crippen molar-refractivity contribution in [3.05, 3.63) is 58.9 Å². The lowest BCUT2D eigenvalue weighted by atomic mass is 10.1. The quantitative estimate of drug-likeness (QED) is 0.145. The van der Waals surface area contributed by atoms with Crippen molar-refractivity contribution in [1.82, 2.24) is 15.5 Å². The van der Waals surface area contributed by atoms with Crippen LogP contribution in [-0.2, 0) is 9.59 Å². The van der Waals surface area contributed by atoms with E-state index in [1.165, 1.54) is 11.8 Å². The first-order chi connectivity index (χ1) is 17.2. The predicted octanol–water partition coefficient (Wildman–Crippen LogP) is 1.77. The Hall–Kier alpha value is -2.89. The Labute approximate surface area is 218 Å². The van der Waals surface area contributed by atoms with Crippen LogP contribution in [0.4, 0.5) is 11.4 Å². The second-order valence-electron chi connectivity index (χ2n) is 8.64. The number of nitrogens with two attached hydrogens (primary N) is 3. The van der Waals surface area contributed by atoms with Crippen molar-refractivity contribution in [1.29, 1.82) is 0 Å². The van der Waals surface area contributed by atoms with Crippen LogP contribution in [0, 0.1) is 0 Å². The van der Waals surface area contributed by atoms with E-state index in [2.05, 4.69) is 44.5 Å². The predicted molar refractivity (Wildman–Crippen MR) is 147 cm³/mol. The molecule has 0 saturated heterocycles. The molecular formula is C25H39ClN8O2. The molecule has 1 aliphatic rings. The van der Waals surface area contributed by atoms with Gasteiger partial charge in [-0.15, -0.1) is 0 Å². The molecule has 1 aromatic rings. The van der Waals surface area contributed by atoms with Crippen molar-refractivity contribution in [2.75, 3.05) is 37.3 Å². The van der Waals surface area contributed by atoms with Gasteiger partial charge in [0.2, 0.25) is 5.91 Å². The summed E-state index contributed by atoms with van der Waals surface area (Å²) in [6.45, 7) is 3.43. The fourth-order valence-corrected chi connectivity index (χ4v) is 3.86. The van der Waals surface area contributed by atoms with Gasteiger partial charge in [-0.05, 0) is 68.3 Å². The van der Waals surface area contributed by atoms with Gasteiger partial charge in [0.25, 0.3) is 5.91 Å². The summed E-state index contributed by atoms with van der Waals surface area (Å²) in [7, 11) is 2.04. The highest BCUT2D eigenvalue weighted by atomic mass is 35.5. The third-order valence-electron chi connectivity index (χ3n) is 5.52. The summed E-state index contributed by atoms with van der Waals surface area (Å²) in [5, 5.41) is 12.3. The Kier molecular flexibility index (Phi) is 12.4. The molecule has 2 atom stereocenters. The van der Waals surface area contributed by atoms with Crippen molar-refractivity contribution in [3.8, 4) is 0 Å². The average molecular weight is 519 g/mol. The normalized spacial score (nSPS) is 15.3. The maximum Gasteiger partial charge on any atom is 0.256 e. The zero-order chi connectivity index (χ0) is 26.5. The Morgan fingerprint density at radius 1 is 1.22 bits per heavy atom. The van der Waals surface area contributed by atoms with E-state index in [-0.39, 0.29) is 24.2 Å². The fraction of sp³-hybridized carbons (Fsp3) is 0.440. The molecule has 0 aliphatic carbocycles. The molecular weight excluding hydrogens is 480 g/mol. The first kappa shape index (κ1) is 29.3. The van der Waals surface area contributed by atoms with Crippen molar-refractivity contribution in [2.45, 2.75) is 44.9 Å². The van der Waals surface area contributed by atoms with Crippen LogP contribution >= 0.6 is 11.6 Å². The monoisotopic (exact) mass is 518 g/mol. The SMILES string of the molecule is CCCNC(NC(N)CCCC1=CCN(C)C=C1)/C(=C\N)C(=O)Nc1cc(Cl)cc(NC(=O)CN)c1. The van der Waals surface area contributed by atoms with Gasteiger partial charge < -0.3 is 32.7 Å². The van der Waals surface area contributed by atoms with Gasteiger partial charge in [0.05, 0.1) is 24.4 Å². The number of nitrogens with zero attached hydrogens (tertiary/aromatic N) is 1. The summed E-state index contributed by atoms with van der Waals surface area (Å²) < 4.78 is 0. The van der Waals surface area contributed by atoms with Crippen LogP contribution in [0.25, 0.3) is 0 Å². The second-order valence-corrected chi connectivity index (χ2v) is 9.08. The lowest BCUT2D eigenvalue weighted by Gasteiger charge is -2.26. The van der Waals surface area contributed by atoms with Crippen molar-refractivity contribution < 1.29 is 9.59 Å². The van der Waals surface area contributed by atoms with Gasteiger partial charge in [-0.25, -0.2) is 0 Å². The summed E-state index contributed by atoms with van der Waals surface area (Å²) in [4.78, 5) is 26.9. The van der Waals surface area contributed by atoms with E-state index in [0.29, 0.717) is 22.9 Å². The average Bonchev–Trinajstić information content (AvgIpc) is 2.83. The maximum absolute atomic E-state index is 13.1. The number of nitrogens with one attached hydrogen (secondary N) is 4. The van der Waals surface area contributed by atoms with E-state index in [0.717, 1.165) is 32.2 Å². The minimum atomic E-state index is -0.553. The molecule has 0 saturated carbocycles. The van der Waals surface area contributed by atoms with E-state index in [4.69, 9.17) is 28.8 Å². The van der Waals surface area contributed by atoms with Gasteiger partial charge in [0.1, 0.15) is 0 Å². The molecule has 1 aliphatic heterocycles. The number of amides is 2. The minimum absolute atomic E-state index is 0.170. The number of halogens is 1. The van der Waals surface area contributed by atoms with Gasteiger partial charge in [0, 0.05) is 36.2 Å². The molecule has 2 rings (SSSR count). The molecule has 2 unspecified atom stereocenters. The van der Waals surface area contributed by atoms with E-state index in [1.807, 2.05) is 14.0 Å². The topological polar surface area (TPSA) is 164 Å². The van der Waals surface area contributed by atoms with E-state index in [9.17, 15) is 9.59 Å². The third-order valence-corrected chi connectivity index (χ3v) is 5.74. The molecule has 11 heteroatoms. The lowest BCUT2D eigenvalue weighted by Crippen LogP contribution is -2.54. The zero-order valence-electron chi connectivity index (χ0n) is 21.0. The number of likely N-dealkylation sites (N-methyl/N-ethyl adjacent to an activating group) is 1. The summed E-state index contributed by atoms with van der Waals surface area (Å²) in [5.41, 5.74) is 20.0. The Morgan fingerprint density at radius 2 is 1.94 bits per heavy atom. The minimum Gasteiger partial charge on any atom is -0.404 e. The molecule has 36 heavy (non-hydrogen) atoms. The Morgan fingerprint density at radius 3 is 2.56 bits per heavy atom. The van der Waals surface area contributed by atoms with Crippen LogP contribution in [0.15, 0.2) is 53.9 Å². The molecule has 1 aromatic carbocycles. The van der Waals surface area contributed by atoms with E-state index in [1.54, 1.807) is 18.2 Å². The Bertz CT molecular complexity index is 979.